The lowest BCUT2D eigenvalue weighted by Crippen LogP contribution is -2.43. The summed E-state index contributed by atoms with van der Waals surface area (Å²) >= 11 is 0. The number of hydrogen-bond donors (Lipinski definition) is 1. The lowest BCUT2D eigenvalue weighted by Gasteiger charge is -2.32. The average molecular weight is 213 g/mol. The number of fused-ring (bicyclic) bond motifs is 3. The molecule has 2 heterocycles. The molecule has 0 saturated carbocycles. The van der Waals surface area contributed by atoms with E-state index in [0.29, 0.717) is 5.56 Å². The van der Waals surface area contributed by atoms with E-state index in [0.717, 1.165) is 30.8 Å². The molecule has 1 N–H and O–H groups in total. The van der Waals surface area contributed by atoms with Crippen LogP contribution in [-0.2, 0) is 4.79 Å². The Morgan fingerprint density at radius 2 is 2.38 bits per heavy atom. The number of amides is 1. The number of rotatable bonds is 0. The molecule has 3 rings (SSSR count). The van der Waals surface area contributed by atoms with Crippen molar-refractivity contribution in [3.8, 4) is 6.07 Å². The zero-order valence-corrected chi connectivity index (χ0v) is 8.73. The summed E-state index contributed by atoms with van der Waals surface area (Å²) in [6.07, 6.45) is 1.98. The van der Waals surface area contributed by atoms with Gasteiger partial charge in [0.25, 0.3) is 0 Å². The second kappa shape index (κ2) is 3.24. The molecule has 1 atom stereocenters. The van der Waals surface area contributed by atoms with Crippen LogP contribution in [0.3, 0.4) is 0 Å². The summed E-state index contributed by atoms with van der Waals surface area (Å²) in [6, 6.07) is 7.53. The summed E-state index contributed by atoms with van der Waals surface area (Å²) in [4.78, 5) is 13.9. The normalized spacial score (nSPS) is 22.1. The highest BCUT2D eigenvalue weighted by molar-refractivity contribution is 6.04. The fraction of sp³-hybridized carbons (Fsp3) is 0.333. The first kappa shape index (κ1) is 9.22. The van der Waals surface area contributed by atoms with Crippen LogP contribution in [-0.4, -0.2) is 18.5 Å². The SMILES string of the molecule is N#Cc1ccc2c(c1)NC(=O)[C@H]1CCCN21. The minimum absolute atomic E-state index is 0.0135. The fourth-order valence-corrected chi connectivity index (χ4v) is 2.50. The van der Waals surface area contributed by atoms with Gasteiger partial charge in [-0.25, -0.2) is 0 Å². The topological polar surface area (TPSA) is 56.1 Å². The number of nitrogens with zero attached hydrogens (tertiary/aromatic N) is 2. The van der Waals surface area contributed by atoms with Gasteiger partial charge in [-0.3, -0.25) is 4.79 Å². The Kier molecular flexibility index (Phi) is 1.87. The van der Waals surface area contributed by atoms with Crippen LogP contribution in [0.4, 0.5) is 11.4 Å². The average Bonchev–Trinajstić information content (AvgIpc) is 2.78. The third-order valence-electron chi connectivity index (χ3n) is 3.25. The molecule has 0 spiro atoms. The van der Waals surface area contributed by atoms with E-state index >= 15 is 0 Å². The molecule has 1 amide bonds. The largest absolute Gasteiger partial charge is 0.358 e. The van der Waals surface area contributed by atoms with Crippen LogP contribution in [0, 0.1) is 11.3 Å². The summed E-state index contributed by atoms with van der Waals surface area (Å²) < 4.78 is 0. The monoisotopic (exact) mass is 213 g/mol. The van der Waals surface area contributed by atoms with Crippen molar-refractivity contribution in [1.29, 1.82) is 5.26 Å². The van der Waals surface area contributed by atoms with E-state index in [1.54, 1.807) is 12.1 Å². The quantitative estimate of drug-likeness (QED) is 0.710. The van der Waals surface area contributed by atoms with Crippen molar-refractivity contribution in [3.05, 3.63) is 23.8 Å². The van der Waals surface area contributed by atoms with E-state index in [2.05, 4.69) is 16.3 Å². The molecule has 1 fully saturated rings. The van der Waals surface area contributed by atoms with E-state index in [1.807, 2.05) is 6.07 Å². The first-order chi connectivity index (χ1) is 7.79. The molecule has 0 radical (unpaired) electrons. The molecule has 80 valence electrons. The number of carbonyl (C=O) groups is 1. The van der Waals surface area contributed by atoms with Gasteiger partial charge in [-0.2, -0.15) is 5.26 Å². The summed E-state index contributed by atoms with van der Waals surface area (Å²) in [5.41, 5.74) is 2.39. The molecule has 2 aliphatic rings. The van der Waals surface area contributed by atoms with Gasteiger partial charge in [-0.1, -0.05) is 0 Å². The smallest absolute Gasteiger partial charge is 0.247 e. The molecule has 2 aliphatic heterocycles. The van der Waals surface area contributed by atoms with Gasteiger partial charge in [-0.05, 0) is 31.0 Å². The van der Waals surface area contributed by atoms with Crippen LogP contribution < -0.4 is 10.2 Å². The standard InChI is InChI=1S/C12H11N3O/c13-7-8-3-4-10-9(6-8)14-12(16)11-2-1-5-15(10)11/h3-4,6,11H,1-2,5H2,(H,14,16)/t11-/m1/s1. The van der Waals surface area contributed by atoms with Gasteiger partial charge in [-0.15, -0.1) is 0 Å². The van der Waals surface area contributed by atoms with Gasteiger partial charge < -0.3 is 10.2 Å². The van der Waals surface area contributed by atoms with E-state index in [9.17, 15) is 4.79 Å². The Morgan fingerprint density at radius 3 is 3.19 bits per heavy atom. The van der Waals surface area contributed by atoms with Gasteiger partial charge in [0.1, 0.15) is 6.04 Å². The van der Waals surface area contributed by atoms with Crippen LogP contribution in [0.1, 0.15) is 18.4 Å². The summed E-state index contributed by atoms with van der Waals surface area (Å²) in [7, 11) is 0. The maximum absolute atomic E-state index is 11.8. The molecule has 1 saturated heterocycles. The highest BCUT2D eigenvalue weighted by Crippen LogP contribution is 2.36. The van der Waals surface area contributed by atoms with Crippen LogP contribution in [0.15, 0.2) is 18.2 Å². The Balaban J connectivity index is 2.10. The molecule has 1 aromatic carbocycles. The number of anilines is 2. The highest BCUT2D eigenvalue weighted by atomic mass is 16.2. The second-order valence-corrected chi connectivity index (χ2v) is 4.18. The third-order valence-corrected chi connectivity index (χ3v) is 3.25. The zero-order chi connectivity index (χ0) is 11.1. The van der Waals surface area contributed by atoms with Crippen molar-refractivity contribution in [2.45, 2.75) is 18.9 Å². The van der Waals surface area contributed by atoms with E-state index in [-0.39, 0.29) is 11.9 Å². The van der Waals surface area contributed by atoms with Gasteiger partial charge in [0.15, 0.2) is 0 Å². The van der Waals surface area contributed by atoms with Crippen LogP contribution in [0.2, 0.25) is 0 Å². The zero-order valence-electron chi connectivity index (χ0n) is 8.73. The van der Waals surface area contributed by atoms with Crippen molar-refractivity contribution in [1.82, 2.24) is 0 Å². The van der Waals surface area contributed by atoms with Gasteiger partial charge in [0.2, 0.25) is 5.91 Å². The van der Waals surface area contributed by atoms with Crippen molar-refractivity contribution in [2.75, 3.05) is 16.8 Å². The van der Waals surface area contributed by atoms with Crippen LogP contribution in [0.25, 0.3) is 0 Å². The van der Waals surface area contributed by atoms with Crippen molar-refractivity contribution in [2.24, 2.45) is 0 Å². The lowest BCUT2D eigenvalue weighted by atomic mass is 10.1. The lowest BCUT2D eigenvalue weighted by molar-refractivity contribution is -0.117. The molecule has 0 aliphatic carbocycles. The fourth-order valence-electron chi connectivity index (χ4n) is 2.50. The van der Waals surface area contributed by atoms with E-state index in [1.165, 1.54) is 0 Å². The number of nitrogens with one attached hydrogen (secondary N) is 1. The number of benzene rings is 1. The third kappa shape index (κ3) is 1.18. The minimum atomic E-state index is -0.0135. The van der Waals surface area contributed by atoms with Crippen LogP contribution in [0.5, 0.6) is 0 Å². The first-order valence-corrected chi connectivity index (χ1v) is 5.41. The number of carbonyl (C=O) groups excluding carboxylic acids is 1. The molecule has 4 nitrogen and oxygen atoms in total. The Labute approximate surface area is 93.5 Å². The predicted molar refractivity (Wildman–Crippen MR) is 60.2 cm³/mol. The van der Waals surface area contributed by atoms with Crippen molar-refractivity contribution >= 4 is 17.3 Å². The Morgan fingerprint density at radius 1 is 1.50 bits per heavy atom. The van der Waals surface area contributed by atoms with Gasteiger partial charge in [0, 0.05) is 6.54 Å². The van der Waals surface area contributed by atoms with E-state index in [4.69, 9.17) is 5.26 Å². The molecule has 4 heteroatoms. The first-order valence-electron chi connectivity index (χ1n) is 5.41. The van der Waals surface area contributed by atoms with E-state index < -0.39 is 0 Å². The summed E-state index contributed by atoms with van der Waals surface area (Å²) in [5, 5.41) is 11.7. The van der Waals surface area contributed by atoms with Crippen molar-refractivity contribution in [3.63, 3.8) is 0 Å². The maximum Gasteiger partial charge on any atom is 0.247 e. The van der Waals surface area contributed by atoms with Gasteiger partial charge >= 0.3 is 0 Å². The molecule has 1 aromatic rings. The Hall–Kier alpha value is -2.02. The molecular weight excluding hydrogens is 202 g/mol. The van der Waals surface area contributed by atoms with Crippen LogP contribution >= 0.6 is 0 Å². The molecular formula is C12H11N3O. The summed E-state index contributed by atoms with van der Waals surface area (Å²) in [6.45, 7) is 0.928. The highest BCUT2D eigenvalue weighted by Gasteiger charge is 2.36. The second-order valence-electron chi connectivity index (χ2n) is 4.18. The number of hydrogen-bond acceptors (Lipinski definition) is 3. The van der Waals surface area contributed by atoms with Gasteiger partial charge in [0.05, 0.1) is 23.0 Å². The van der Waals surface area contributed by atoms with Crippen molar-refractivity contribution < 1.29 is 4.79 Å². The molecule has 16 heavy (non-hydrogen) atoms. The summed E-state index contributed by atoms with van der Waals surface area (Å²) in [5.74, 6) is 0.0556. The predicted octanol–water partition coefficient (Wildman–Crippen LogP) is 1.48. The Bertz CT molecular complexity index is 503. The number of nitriles is 1. The molecule has 0 bridgehead atoms. The molecule has 0 aromatic heterocycles. The molecule has 0 unspecified atom stereocenters. The minimum Gasteiger partial charge on any atom is -0.358 e. The maximum atomic E-state index is 11.8.